The van der Waals surface area contributed by atoms with Crippen LogP contribution in [0.1, 0.15) is 11.1 Å². The fraction of sp³-hybridized carbons (Fsp3) is 0.222. The molecular weight excluding hydrogens is 328 g/mol. The number of anilines is 1. The van der Waals surface area contributed by atoms with Crippen LogP contribution in [0.2, 0.25) is 0 Å². The molecule has 1 heterocycles. The van der Waals surface area contributed by atoms with Gasteiger partial charge in [-0.15, -0.1) is 0 Å². The predicted molar refractivity (Wildman–Crippen MR) is 94.4 cm³/mol. The van der Waals surface area contributed by atoms with Crippen molar-refractivity contribution in [3.63, 3.8) is 0 Å². The molecule has 0 aliphatic carbocycles. The number of ether oxygens (including phenoxy) is 2. The molecule has 5 nitrogen and oxygen atoms in total. The molecular formula is C18H17ClN2O3. The lowest BCUT2D eigenvalue weighted by Crippen LogP contribution is -2.32. The molecule has 0 saturated heterocycles. The van der Waals surface area contributed by atoms with Crippen LogP contribution in [0.25, 0.3) is 0 Å². The van der Waals surface area contributed by atoms with Crippen molar-refractivity contribution < 1.29 is 14.3 Å². The Morgan fingerprint density at radius 1 is 1.12 bits per heavy atom. The van der Waals surface area contributed by atoms with Gasteiger partial charge in [0.15, 0.2) is 11.5 Å². The monoisotopic (exact) mass is 344 g/mol. The highest BCUT2D eigenvalue weighted by Crippen LogP contribution is 2.37. The van der Waals surface area contributed by atoms with Crippen LogP contribution in [0.3, 0.4) is 0 Å². The number of carbonyl (C=O) groups excluding carboxylic acids is 1. The van der Waals surface area contributed by atoms with Gasteiger partial charge in [0.25, 0.3) is 0 Å². The third kappa shape index (κ3) is 3.08. The number of carbonyl (C=O) groups is 1. The van der Waals surface area contributed by atoms with Crippen molar-refractivity contribution in [2.24, 2.45) is 4.99 Å². The molecule has 0 bridgehead atoms. The lowest BCUT2D eigenvalue weighted by Gasteiger charge is -2.24. The molecule has 0 saturated carbocycles. The average molecular weight is 345 g/mol. The van der Waals surface area contributed by atoms with Crippen molar-refractivity contribution in [3.8, 4) is 11.5 Å². The van der Waals surface area contributed by atoms with E-state index in [4.69, 9.17) is 21.1 Å². The molecule has 1 aliphatic rings. The first kappa shape index (κ1) is 16.3. The molecule has 0 spiro atoms. The summed E-state index contributed by atoms with van der Waals surface area (Å²) in [7, 11) is 3.11. The standard InChI is InChI=1S/C18H17ClN2O3/c1-23-15-8-13-14(9-16(15)24-2)21(17(22)10-20-18(13)19)11-12-6-4-3-5-7-12/h3-9H,10-11H2,1-2H3. The van der Waals surface area contributed by atoms with Gasteiger partial charge < -0.3 is 14.4 Å². The van der Waals surface area contributed by atoms with Crippen molar-refractivity contribution >= 4 is 28.4 Å². The van der Waals surface area contributed by atoms with E-state index in [1.165, 1.54) is 0 Å². The number of amides is 1. The van der Waals surface area contributed by atoms with Crippen molar-refractivity contribution in [1.82, 2.24) is 0 Å². The lowest BCUT2D eigenvalue weighted by atomic mass is 10.1. The van der Waals surface area contributed by atoms with Crippen molar-refractivity contribution in [2.75, 3.05) is 25.7 Å². The van der Waals surface area contributed by atoms with E-state index in [9.17, 15) is 4.79 Å². The van der Waals surface area contributed by atoms with Crippen molar-refractivity contribution in [1.29, 1.82) is 0 Å². The molecule has 3 rings (SSSR count). The first-order valence-electron chi connectivity index (χ1n) is 7.44. The number of benzodiazepines with no additional fused rings is 1. The first-order chi connectivity index (χ1) is 11.6. The fourth-order valence-electron chi connectivity index (χ4n) is 2.64. The summed E-state index contributed by atoms with van der Waals surface area (Å²) in [5.74, 6) is 0.954. The lowest BCUT2D eigenvalue weighted by molar-refractivity contribution is -0.117. The summed E-state index contributed by atoms with van der Waals surface area (Å²) in [6.07, 6.45) is 0. The summed E-state index contributed by atoms with van der Waals surface area (Å²) in [5.41, 5.74) is 2.33. The van der Waals surface area contributed by atoms with Crippen LogP contribution in [-0.4, -0.2) is 31.8 Å². The van der Waals surface area contributed by atoms with Crippen LogP contribution in [-0.2, 0) is 11.3 Å². The molecule has 1 amide bonds. The van der Waals surface area contributed by atoms with Crippen LogP contribution in [0, 0.1) is 0 Å². The van der Waals surface area contributed by atoms with Gasteiger partial charge in [0.05, 0.1) is 26.5 Å². The van der Waals surface area contributed by atoms with E-state index < -0.39 is 0 Å². The minimum Gasteiger partial charge on any atom is -0.493 e. The Labute approximate surface area is 145 Å². The second kappa shape index (κ2) is 6.93. The van der Waals surface area contributed by atoms with Gasteiger partial charge in [-0.25, -0.2) is 0 Å². The number of hydrogen-bond acceptors (Lipinski definition) is 4. The molecule has 124 valence electrons. The highest BCUT2D eigenvalue weighted by atomic mass is 35.5. The quantitative estimate of drug-likeness (QED) is 0.855. The number of methoxy groups -OCH3 is 2. The zero-order chi connectivity index (χ0) is 17.1. The van der Waals surface area contributed by atoms with E-state index in [1.54, 1.807) is 31.3 Å². The molecule has 0 radical (unpaired) electrons. The Kier molecular flexibility index (Phi) is 4.71. The summed E-state index contributed by atoms with van der Waals surface area (Å²) in [6.45, 7) is 0.437. The number of rotatable bonds is 4. The van der Waals surface area contributed by atoms with Crippen molar-refractivity contribution in [3.05, 3.63) is 53.6 Å². The fourth-order valence-corrected chi connectivity index (χ4v) is 2.85. The van der Waals surface area contributed by atoms with E-state index in [-0.39, 0.29) is 17.6 Å². The van der Waals surface area contributed by atoms with Crippen LogP contribution < -0.4 is 14.4 Å². The van der Waals surface area contributed by atoms with Gasteiger partial charge in [-0.05, 0) is 11.6 Å². The SMILES string of the molecule is COc1cc2c(cc1OC)N(Cc1ccccc1)C(=O)CN=C2Cl. The van der Waals surface area contributed by atoms with E-state index in [0.29, 0.717) is 29.3 Å². The van der Waals surface area contributed by atoms with Crippen LogP contribution >= 0.6 is 11.6 Å². The minimum atomic E-state index is -0.122. The summed E-state index contributed by atoms with van der Waals surface area (Å²) in [5, 5.41) is 0.287. The van der Waals surface area contributed by atoms with E-state index in [2.05, 4.69) is 4.99 Å². The molecule has 0 unspecified atom stereocenters. The van der Waals surface area contributed by atoms with Crippen LogP contribution in [0.5, 0.6) is 11.5 Å². The summed E-state index contributed by atoms with van der Waals surface area (Å²) < 4.78 is 10.7. The maximum Gasteiger partial charge on any atom is 0.249 e. The predicted octanol–water partition coefficient (Wildman–Crippen LogP) is 3.24. The Morgan fingerprint density at radius 2 is 1.79 bits per heavy atom. The second-order valence-corrected chi connectivity index (χ2v) is 5.65. The second-order valence-electron chi connectivity index (χ2n) is 5.30. The summed E-state index contributed by atoms with van der Waals surface area (Å²) in [4.78, 5) is 18.4. The molecule has 0 N–H and O–H groups in total. The molecule has 2 aromatic carbocycles. The zero-order valence-electron chi connectivity index (χ0n) is 13.5. The van der Waals surface area contributed by atoms with Crippen LogP contribution in [0.15, 0.2) is 47.5 Å². The number of aliphatic imine (C=N–C) groups is 1. The number of benzene rings is 2. The summed E-state index contributed by atoms with van der Waals surface area (Å²) >= 11 is 6.28. The third-order valence-corrected chi connectivity index (χ3v) is 4.18. The van der Waals surface area contributed by atoms with E-state index in [0.717, 1.165) is 5.56 Å². The molecule has 0 fully saturated rings. The largest absolute Gasteiger partial charge is 0.493 e. The van der Waals surface area contributed by atoms with Crippen molar-refractivity contribution in [2.45, 2.75) is 6.54 Å². The number of fused-ring (bicyclic) bond motifs is 1. The van der Waals surface area contributed by atoms with Gasteiger partial charge in [0.2, 0.25) is 5.91 Å². The highest BCUT2D eigenvalue weighted by Gasteiger charge is 2.26. The topological polar surface area (TPSA) is 51.1 Å². The third-order valence-electron chi connectivity index (χ3n) is 3.85. The Balaban J connectivity index is 2.11. The number of halogens is 1. The van der Waals surface area contributed by atoms with E-state index in [1.807, 2.05) is 30.3 Å². The van der Waals surface area contributed by atoms with Gasteiger partial charge in [-0.2, -0.15) is 0 Å². The maximum atomic E-state index is 12.6. The Hall–Kier alpha value is -2.53. The average Bonchev–Trinajstić information content (AvgIpc) is 2.73. The molecule has 6 heteroatoms. The van der Waals surface area contributed by atoms with Crippen LogP contribution in [0.4, 0.5) is 5.69 Å². The number of hydrogen-bond donors (Lipinski definition) is 0. The maximum absolute atomic E-state index is 12.6. The first-order valence-corrected chi connectivity index (χ1v) is 7.82. The summed E-state index contributed by atoms with van der Waals surface area (Å²) in [6, 6.07) is 13.3. The van der Waals surface area contributed by atoms with E-state index >= 15 is 0 Å². The van der Waals surface area contributed by atoms with Gasteiger partial charge >= 0.3 is 0 Å². The molecule has 24 heavy (non-hydrogen) atoms. The highest BCUT2D eigenvalue weighted by molar-refractivity contribution is 6.70. The zero-order valence-corrected chi connectivity index (χ0v) is 14.2. The Bertz CT molecular complexity index is 790. The molecule has 2 aromatic rings. The molecule has 1 aliphatic heterocycles. The van der Waals surface area contributed by atoms with Gasteiger partial charge in [0, 0.05) is 11.6 Å². The van der Waals surface area contributed by atoms with Gasteiger partial charge in [0.1, 0.15) is 11.7 Å². The van der Waals surface area contributed by atoms with Gasteiger partial charge in [-0.3, -0.25) is 9.79 Å². The molecule has 0 aromatic heterocycles. The minimum absolute atomic E-state index is 0.00494. The van der Waals surface area contributed by atoms with Gasteiger partial charge in [-0.1, -0.05) is 41.9 Å². The number of nitrogens with zero attached hydrogens (tertiary/aromatic N) is 2. The Morgan fingerprint density at radius 3 is 2.46 bits per heavy atom. The smallest absolute Gasteiger partial charge is 0.249 e. The molecule has 0 atom stereocenters. The normalized spacial score (nSPS) is 13.9.